The van der Waals surface area contributed by atoms with Crippen LogP contribution in [-0.4, -0.2) is 19.7 Å². The molecule has 0 radical (unpaired) electrons. The molecule has 0 aliphatic heterocycles. The van der Waals surface area contributed by atoms with Crippen molar-refractivity contribution in [3.05, 3.63) is 27.3 Å². The van der Waals surface area contributed by atoms with E-state index in [1.807, 2.05) is 6.07 Å². The average molecular weight is 334 g/mol. The molecule has 0 amide bonds. The lowest BCUT2D eigenvalue weighted by Gasteiger charge is -2.11. The van der Waals surface area contributed by atoms with Crippen LogP contribution in [0, 0.1) is 9.49 Å². The Bertz CT molecular complexity index is 375. The van der Waals surface area contributed by atoms with Gasteiger partial charge in [-0.05, 0) is 46.7 Å². The first kappa shape index (κ1) is 13.3. The van der Waals surface area contributed by atoms with Crippen LogP contribution in [0.1, 0.15) is 24.2 Å². The summed E-state index contributed by atoms with van der Waals surface area (Å²) in [7, 11) is 1.37. The molecule has 0 atom stereocenters. The maximum absolute atomic E-state index is 11.3. The van der Waals surface area contributed by atoms with Crippen molar-refractivity contribution in [1.82, 2.24) is 0 Å². The largest absolute Gasteiger partial charge is 0.492 e. The van der Waals surface area contributed by atoms with Gasteiger partial charge in [0.25, 0.3) is 0 Å². The van der Waals surface area contributed by atoms with Crippen LogP contribution in [0.2, 0.25) is 0 Å². The third-order valence-corrected chi connectivity index (χ3v) is 2.82. The summed E-state index contributed by atoms with van der Waals surface area (Å²) in [6.45, 7) is 4.80. The van der Waals surface area contributed by atoms with E-state index in [1.165, 1.54) is 7.11 Å². The van der Waals surface area contributed by atoms with E-state index in [0.717, 1.165) is 9.32 Å². The van der Waals surface area contributed by atoms with Crippen LogP contribution in [0.5, 0.6) is 5.75 Å². The fraction of sp³-hybridized carbons (Fsp3) is 0.417. The lowest BCUT2D eigenvalue weighted by atomic mass is 10.2. The number of benzene rings is 1. The van der Waals surface area contributed by atoms with Crippen LogP contribution in [0.4, 0.5) is 0 Å². The quantitative estimate of drug-likeness (QED) is 0.627. The highest BCUT2D eigenvalue weighted by Gasteiger charge is 2.09. The molecule has 3 nitrogen and oxygen atoms in total. The molecule has 16 heavy (non-hydrogen) atoms. The average Bonchev–Trinajstić information content (AvgIpc) is 2.26. The van der Waals surface area contributed by atoms with Crippen molar-refractivity contribution in [3.8, 4) is 5.75 Å². The van der Waals surface area contributed by atoms with Gasteiger partial charge in [-0.1, -0.05) is 13.8 Å². The van der Waals surface area contributed by atoms with Crippen molar-refractivity contribution in [2.24, 2.45) is 5.92 Å². The molecule has 0 fully saturated rings. The summed E-state index contributed by atoms with van der Waals surface area (Å²) < 4.78 is 11.3. The molecule has 1 rings (SSSR count). The molecule has 4 heteroatoms. The van der Waals surface area contributed by atoms with Gasteiger partial charge in [-0.25, -0.2) is 4.79 Å². The first-order chi connectivity index (χ1) is 7.54. The van der Waals surface area contributed by atoms with Gasteiger partial charge in [0.15, 0.2) is 0 Å². The molecule has 0 saturated heterocycles. The van der Waals surface area contributed by atoms with Crippen LogP contribution in [0.15, 0.2) is 18.2 Å². The van der Waals surface area contributed by atoms with E-state index in [0.29, 0.717) is 18.1 Å². The summed E-state index contributed by atoms with van der Waals surface area (Å²) in [5.74, 6) is 0.848. The smallest absolute Gasteiger partial charge is 0.337 e. The van der Waals surface area contributed by atoms with Gasteiger partial charge in [0.05, 0.1) is 22.9 Å². The molecule has 0 heterocycles. The fourth-order valence-corrected chi connectivity index (χ4v) is 1.61. The monoisotopic (exact) mass is 334 g/mol. The summed E-state index contributed by atoms with van der Waals surface area (Å²) in [6, 6.07) is 5.30. The summed E-state index contributed by atoms with van der Waals surface area (Å²) in [6.07, 6.45) is 0. The highest BCUT2D eigenvalue weighted by molar-refractivity contribution is 14.1. The van der Waals surface area contributed by atoms with Gasteiger partial charge in [-0.2, -0.15) is 0 Å². The minimum atomic E-state index is -0.342. The fourth-order valence-electron chi connectivity index (χ4n) is 1.12. The summed E-state index contributed by atoms with van der Waals surface area (Å²) in [5, 5.41) is 0. The van der Waals surface area contributed by atoms with E-state index in [4.69, 9.17) is 4.74 Å². The number of carbonyl (C=O) groups is 1. The number of halogens is 1. The third kappa shape index (κ3) is 3.66. The highest BCUT2D eigenvalue weighted by atomic mass is 127. The number of hydrogen-bond acceptors (Lipinski definition) is 3. The van der Waals surface area contributed by atoms with Gasteiger partial charge >= 0.3 is 5.97 Å². The molecule has 0 aliphatic rings. The topological polar surface area (TPSA) is 35.5 Å². The predicted molar refractivity (Wildman–Crippen MR) is 70.8 cm³/mol. The molecule has 1 aromatic carbocycles. The minimum Gasteiger partial charge on any atom is -0.492 e. The van der Waals surface area contributed by atoms with E-state index in [-0.39, 0.29) is 5.97 Å². The molecule has 0 N–H and O–H groups in total. The number of hydrogen-bond donors (Lipinski definition) is 0. The zero-order valence-corrected chi connectivity index (χ0v) is 11.8. The van der Waals surface area contributed by atoms with Crippen molar-refractivity contribution in [2.75, 3.05) is 13.7 Å². The Morgan fingerprint density at radius 1 is 1.44 bits per heavy atom. The lowest BCUT2D eigenvalue weighted by Crippen LogP contribution is -2.07. The molecule has 0 bridgehead atoms. The first-order valence-electron chi connectivity index (χ1n) is 5.05. The summed E-state index contributed by atoms with van der Waals surface area (Å²) in [5.41, 5.74) is 0.515. The first-order valence-corrected chi connectivity index (χ1v) is 6.13. The zero-order valence-electron chi connectivity index (χ0n) is 9.62. The van der Waals surface area contributed by atoms with Crippen molar-refractivity contribution in [2.45, 2.75) is 13.8 Å². The predicted octanol–water partition coefficient (Wildman–Crippen LogP) is 3.11. The van der Waals surface area contributed by atoms with Crippen LogP contribution in [-0.2, 0) is 4.74 Å². The van der Waals surface area contributed by atoms with E-state index in [9.17, 15) is 4.79 Å². The zero-order chi connectivity index (χ0) is 12.1. The summed E-state index contributed by atoms with van der Waals surface area (Å²) in [4.78, 5) is 11.3. The molecule has 0 unspecified atom stereocenters. The molecule has 0 aromatic heterocycles. The van der Waals surface area contributed by atoms with E-state index in [2.05, 4.69) is 41.2 Å². The number of methoxy groups -OCH3 is 1. The molecule has 0 aliphatic carbocycles. The number of esters is 1. The maximum atomic E-state index is 11.3. The van der Waals surface area contributed by atoms with E-state index in [1.54, 1.807) is 12.1 Å². The van der Waals surface area contributed by atoms with Crippen molar-refractivity contribution in [3.63, 3.8) is 0 Å². The maximum Gasteiger partial charge on any atom is 0.337 e. The van der Waals surface area contributed by atoms with Crippen molar-refractivity contribution < 1.29 is 14.3 Å². The molecule has 0 spiro atoms. The second kappa shape index (κ2) is 6.08. The Balaban J connectivity index is 2.86. The Hall–Kier alpha value is -0.780. The van der Waals surface area contributed by atoms with Gasteiger partial charge in [0.2, 0.25) is 0 Å². The number of carbonyl (C=O) groups excluding carboxylic acids is 1. The van der Waals surface area contributed by atoms with Crippen molar-refractivity contribution >= 4 is 28.6 Å². The van der Waals surface area contributed by atoms with Crippen LogP contribution in [0.3, 0.4) is 0 Å². The highest BCUT2D eigenvalue weighted by Crippen LogP contribution is 2.23. The third-order valence-electron chi connectivity index (χ3n) is 1.92. The van der Waals surface area contributed by atoms with Gasteiger partial charge in [0.1, 0.15) is 5.75 Å². The standard InChI is InChI=1S/C12H15IO3/c1-8(2)7-16-11-6-9(12(14)15-3)4-5-10(11)13/h4-6,8H,7H2,1-3H3. The Morgan fingerprint density at radius 3 is 2.69 bits per heavy atom. The SMILES string of the molecule is COC(=O)c1ccc(I)c(OCC(C)C)c1. The number of rotatable bonds is 4. The van der Waals surface area contributed by atoms with Crippen LogP contribution < -0.4 is 4.74 Å². The second-order valence-corrected chi connectivity index (χ2v) is 5.00. The second-order valence-electron chi connectivity index (χ2n) is 3.84. The lowest BCUT2D eigenvalue weighted by molar-refractivity contribution is 0.0600. The Morgan fingerprint density at radius 2 is 2.12 bits per heavy atom. The minimum absolute atomic E-state index is 0.342. The molecule has 88 valence electrons. The Kier molecular flexibility index (Phi) is 5.05. The van der Waals surface area contributed by atoms with Gasteiger partial charge in [-0.15, -0.1) is 0 Å². The molecule has 1 aromatic rings. The van der Waals surface area contributed by atoms with Gasteiger partial charge in [-0.3, -0.25) is 0 Å². The molecule has 0 saturated carbocycles. The van der Waals surface area contributed by atoms with Gasteiger partial charge in [0, 0.05) is 0 Å². The Labute approximate surface area is 109 Å². The van der Waals surface area contributed by atoms with E-state index >= 15 is 0 Å². The van der Waals surface area contributed by atoms with Crippen LogP contribution >= 0.6 is 22.6 Å². The van der Waals surface area contributed by atoms with Crippen molar-refractivity contribution in [1.29, 1.82) is 0 Å². The normalized spacial score (nSPS) is 10.3. The van der Waals surface area contributed by atoms with Crippen LogP contribution in [0.25, 0.3) is 0 Å². The van der Waals surface area contributed by atoms with Gasteiger partial charge < -0.3 is 9.47 Å². The van der Waals surface area contributed by atoms with E-state index < -0.39 is 0 Å². The number of ether oxygens (including phenoxy) is 2. The molecular formula is C12H15IO3. The summed E-state index contributed by atoms with van der Waals surface area (Å²) >= 11 is 2.18. The molecular weight excluding hydrogens is 319 g/mol.